The van der Waals surface area contributed by atoms with Crippen molar-refractivity contribution in [2.45, 2.75) is 240 Å². The van der Waals surface area contributed by atoms with Gasteiger partial charge >= 0.3 is 36.3 Å². The Morgan fingerprint density at radius 2 is 0.755 bits per heavy atom. The molecule has 0 radical (unpaired) electrons. The molecule has 10 rings (SSSR count). The number of aliphatic hydroxyl groups is 4. The van der Waals surface area contributed by atoms with Gasteiger partial charge in [0.15, 0.2) is 41.4 Å². The average Bonchev–Trinajstić information content (AvgIpc) is 0.755. The van der Waals surface area contributed by atoms with Crippen LogP contribution in [0.3, 0.4) is 0 Å². The highest BCUT2D eigenvalue weighted by molar-refractivity contribution is 6.74. The number of ether oxygens (including phenoxy) is 10. The molecule has 4 aliphatic heterocycles. The van der Waals surface area contributed by atoms with Crippen molar-refractivity contribution in [3.8, 4) is 0 Å². The molecular weight excluding hydrogens is 1410 g/mol. The number of benzene rings is 4. The molecule has 6 fully saturated rings. The molecule has 4 saturated heterocycles. The van der Waals surface area contributed by atoms with Crippen LogP contribution in [0.5, 0.6) is 0 Å². The molecule has 0 spiro atoms. The molecule has 32 heteroatoms. The van der Waals surface area contributed by atoms with Crippen molar-refractivity contribution < 1.29 is 115 Å². The number of amides is 6. The van der Waals surface area contributed by atoms with Gasteiger partial charge in [-0.2, -0.15) is 0 Å². The zero-order chi connectivity index (χ0) is 76.4. The van der Waals surface area contributed by atoms with Crippen LogP contribution in [-0.2, 0) is 102 Å². The number of nitrogens with one attached hydrogen (secondary N) is 6. The molecule has 0 unspecified atom stereocenters. The third-order valence-electron chi connectivity index (χ3n) is 21.0. The van der Waals surface area contributed by atoms with Gasteiger partial charge in [0.25, 0.3) is 0 Å². The molecule has 4 aromatic rings. The predicted molar refractivity (Wildman–Crippen MR) is 381 cm³/mol. The van der Waals surface area contributed by atoms with E-state index in [1.54, 1.807) is 121 Å². The van der Waals surface area contributed by atoms with E-state index < -0.39 is 210 Å². The average molecular weight is 1510 g/mol. The van der Waals surface area contributed by atoms with Gasteiger partial charge in [-0.05, 0) is 71.4 Å². The van der Waals surface area contributed by atoms with E-state index in [0.29, 0.717) is 22.3 Å². The SMILES string of the molecule is CC(C)(C)[Si](C)(C)O[C@H]1[C@@H]2OC(=O)NC[C@H]2O[C@H](O[C@H]2[C@H](O)[C@@H](O)[C@H](NC(=O)CCC(=O)N[C@@H]3C[C@H](NC(=O)OCc4ccccc4)[C@@H](O[C@H]4O[C@@H]5CNC(=O)O[C@H]5[C@H](O[Si](C)(C)C(C)(C)C)[C@H]4C(=O)OCc4ccccc4)[C@H](O)[C@H]3O)C[C@@H]2NC(=O)OCc2ccccc2)[C@@H]1C(=O)OCc1ccccc1. The van der Waals surface area contributed by atoms with E-state index in [-0.39, 0.29) is 52.4 Å². The van der Waals surface area contributed by atoms with Gasteiger partial charge in [0.2, 0.25) is 11.8 Å². The second-order valence-corrected chi connectivity index (χ2v) is 40.1. The largest absolute Gasteiger partial charge is 0.460 e. The minimum absolute atomic E-state index is 0.116. The van der Waals surface area contributed by atoms with E-state index in [0.717, 1.165) is 0 Å². The van der Waals surface area contributed by atoms with Gasteiger partial charge in [0.05, 0.1) is 37.3 Å². The first-order valence-corrected chi connectivity index (χ1v) is 41.6. The predicted octanol–water partition coefficient (Wildman–Crippen LogP) is 5.51. The Bertz CT molecular complexity index is 3420. The standard InChI is InChI=1S/C74H100N6O24Si2/c1-73(2,3)105(7,8)103-63-53(65(87)93-37-41-23-15-11-16-24-41)67(97-49-35-75-69(89)101-61(49)63)99-59-47(79-71(91)95-39-43-27-19-13-20-28-43)33-45(55(83)57(59)85)77-51(81)31-32-52(82)78-46-34-48(80-72(92)96-40-44-29-21-14-22-30-44)60(58(86)56(46)84)100-68-54(66(88)94-38-42-25-17-12-18-26-42)64(104-106(9,10)74(4,5)6)62-50(98-68)36-76-70(90)102-62/h11-30,45-50,53-64,67-68,83-86H,31-40H2,1-10H3,(H,75,89)(H,76,90)(H,77,81)(H,78,82)(H,79,91)(H,80,92)/t45-,46-,47+,48+,49-,50-,53+,54+,55+,56+,57-,58-,59-,60-,61-,62-,63-,64-,67-,68-/m1/s1. The zero-order valence-electron chi connectivity index (χ0n) is 61.1. The van der Waals surface area contributed by atoms with Crippen molar-refractivity contribution in [2.24, 2.45) is 11.8 Å². The second-order valence-electron chi connectivity index (χ2n) is 30.6. The fourth-order valence-electron chi connectivity index (χ4n) is 13.1. The fourth-order valence-corrected chi connectivity index (χ4v) is 15.7. The van der Waals surface area contributed by atoms with Crippen LogP contribution in [0.15, 0.2) is 121 Å². The maximum absolute atomic E-state index is 14.8. The maximum atomic E-state index is 14.8. The number of esters is 2. The third kappa shape index (κ3) is 20.2. The minimum atomic E-state index is -2.89. The number of alkyl carbamates (subject to hydrolysis) is 4. The quantitative estimate of drug-likeness (QED) is 0.0222. The molecule has 20 atom stereocenters. The lowest BCUT2D eigenvalue weighted by atomic mass is 9.83. The van der Waals surface area contributed by atoms with Crippen molar-refractivity contribution >= 4 is 64.8 Å². The number of hydrogen-bond donors (Lipinski definition) is 10. The minimum Gasteiger partial charge on any atom is -0.460 e. The topological polar surface area (TPSA) is 400 Å². The van der Waals surface area contributed by atoms with Gasteiger partial charge in [0.1, 0.15) is 99.3 Å². The van der Waals surface area contributed by atoms with Crippen LogP contribution in [0.2, 0.25) is 36.3 Å². The molecule has 10 N–H and O–H groups in total. The van der Waals surface area contributed by atoms with Crippen molar-refractivity contribution in [2.75, 3.05) is 13.1 Å². The van der Waals surface area contributed by atoms with E-state index in [4.69, 9.17) is 56.2 Å². The highest BCUT2D eigenvalue weighted by atomic mass is 28.4. The number of carbonyl (C=O) groups is 8. The summed E-state index contributed by atoms with van der Waals surface area (Å²) >= 11 is 0. The zero-order valence-corrected chi connectivity index (χ0v) is 63.1. The summed E-state index contributed by atoms with van der Waals surface area (Å²) in [6.07, 6.45) is -26.6. The van der Waals surface area contributed by atoms with Gasteiger partial charge in [-0.3, -0.25) is 19.2 Å². The summed E-state index contributed by atoms with van der Waals surface area (Å²) in [4.78, 5) is 112. The van der Waals surface area contributed by atoms with E-state index in [1.807, 2.05) is 67.7 Å². The molecule has 4 aromatic carbocycles. The summed E-state index contributed by atoms with van der Waals surface area (Å²) in [6.45, 7) is 18.7. The van der Waals surface area contributed by atoms with Gasteiger partial charge < -0.3 is 109 Å². The summed E-state index contributed by atoms with van der Waals surface area (Å²) in [5, 5.41) is 63.8. The highest BCUT2D eigenvalue weighted by Crippen LogP contribution is 2.46. The summed E-state index contributed by atoms with van der Waals surface area (Å²) < 4.78 is 75.1. The van der Waals surface area contributed by atoms with Gasteiger partial charge in [-0.25, -0.2) is 19.2 Å². The lowest BCUT2D eigenvalue weighted by Gasteiger charge is -2.51. The number of carbonyl (C=O) groups excluding carboxylic acids is 8. The van der Waals surface area contributed by atoms with Gasteiger partial charge in [-0.1, -0.05) is 163 Å². The molecule has 2 aliphatic carbocycles. The van der Waals surface area contributed by atoms with E-state index in [9.17, 15) is 58.8 Å². The molecule has 6 aliphatic rings. The van der Waals surface area contributed by atoms with Gasteiger partial charge in [0, 0.05) is 12.8 Å². The smallest absolute Gasteiger partial charge is 0.407 e. The Morgan fingerprint density at radius 1 is 0.443 bits per heavy atom. The first kappa shape index (κ1) is 80.4. The molecule has 106 heavy (non-hydrogen) atoms. The van der Waals surface area contributed by atoms with Crippen LogP contribution < -0.4 is 31.9 Å². The lowest BCUT2D eigenvalue weighted by molar-refractivity contribution is -0.306. The normalized spacial score (nSPS) is 30.3. The van der Waals surface area contributed by atoms with Crippen LogP contribution in [0, 0.1) is 11.8 Å². The van der Waals surface area contributed by atoms with Crippen molar-refractivity contribution in [1.82, 2.24) is 31.9 Å². The molecule has 6 amide bonds. The van der Waals surface area contributed by atoms with Crippen molar-refractivity contribution in [3.63, 3.8) is 0 Å². The third-order valence-corrected chi connectivity index (χ3v) is 30.0. The fraction of sp³-hybridized carbons (Fsp3) is 0.568. The Balaban J connectivity index is 0.865. The van der Waals surface area contributed by atoms with Crippen LogP contribution in [0.4, 0.5) is 19.2 Å². The summed E-state index contributed by atoms with van der Waals surface area (Å²) in [7, 11) is -5.79. The summed E-state index contributed by atoms with van der Waals surface area (Å²) in [6, 6.07) is 29.7. The van der Waals surface area contributed by atoms with Gasteiger partial charge in [-0.15, -0.1) is 0 Å². The first-order chi connectivity index (χ1) is 50.2. The monoisotopic (exact) mass is 1510 g/mol. The molecular formula is C74H100N6O24Si2. The Kier molecular flexibility index (Phi) is 26.4. The number of rotatable bonds is 25. The summed E-state index contributed by atoms with van der Waals surface area (Å²) in [5.74, 6) is -6.47. The maximum Gasteiger partial charge on any atom is 0.407 e. The number of aliphatic hydroxyl groups excluding tert-OH is 4. The van der Waals surface area contributed by atoms with Crippen LogP contribution in [0.25, 0.3) is 0 Å². The highest BCUT2D eigenvalue weighted by Gasteiger charge is 2.61. The number of hydrogen-bond acceptors (Lipinski definition) is 24. The van der Waals surface area contributed by atoms with E-state index in [2.05, 4.69) is 31.9 Å². The molecule has 578 valence electrons. The number of fused-ring (bicyclic) bond motifs is 2. The molecule has 0 aromatic heterocycles. The van der Waals surface area contributed by atoms with Crippen LogP contribution >= 0.6 is 0 Å². The van der Waals surface area contributed by atoms with E-state index in [1.165, 1.54) is 0 Å². The summed E-state index contributed by atoms with van der Waals surface area (Å²) in [5.41, 5.74) is 2.54. The molecule has 4 heterocycles. The van der Waals surface area contributed by atoms with E-state index >= 15 is 0 Å². The molecule has 30 nitrogen and oxygen atoms in total. The Labute approximate surface area is 617 Å². The molecule has 0 bridgehead atoms. The lowest BCUT2D eigenvalue weighted by Crippen LogP contribution is -2.70. The Hall–Kier alpha value is -8.13. The Morgan fingerprint density at radius 3 is 1.07 bits per heavy atom. The van der Waals surface area contributed by atoms with Crippen molar-refractivity contribution in [1.29, 1.82) is 0 Å². The first-order valence-electron chi connectivity index (χ1n) is 35.8. The molecule has 2 saturated carbocycles. The van der Waals surface area contributed by atoms with Crippen LogP contribution in [0.1, 0.15) is 89.5 Å². The van der Waals surface area contributed by atoms with Crippen LogP contribution in [-0.4, -0.2) is 208 Å². The van der Waals surface area contributed by atoms with Crippen molar-refractivity contribution in [3.05, 3.63) is 144 Å². The second kappa shape index (κ2) is 34.8.